The molecule has 0 saturated carbocycles. The normalized spacial score (nSPS) is 12.0. The molecule has 2 N–H and O–H groups in total. The fourth-order valence-electron chi connectivity index (χ4n) is 1.35. The predicted octanol–water partition coefficient (Wildman–Crippen LogP) is 1.000. The number of rotatable bonds is 6. The maximum Gasteiger partial charge on any atom is 0.573 e. The molecule has 118 valence electrons. The number of amides is 1. The lowest BCUT2D eigenvalue weighted by Gasteiger charge is -2.11. The van der Waals surface area contributed by atoms with Gasteiger partial charge in [0.25, 0.3) is 0 Å². The largest absolute Gasteiger partial charge is 0.573 e. The monoisotopic (exact) mass is 326 g/mol. The summed E-state index contributed by atoms with van der Waals surface area (Å²) in [6.07, 6.45) is -5.00. The Hall–Kier alpha value is -1.81. The molecule has 0 saturated heterocycles. The van der Waals surface area contributed by atoms with E-state index in [4.69, 9.17) is 0 Å². The first kappa shape index (κ1) is 17.2. The predicted molar refractivity (Wildman–Crippen MR) is 67.0 cm³/mol. The average molecular weight is 326 g/mol. The number of halogens is 3. The van der Waals surface area contributed by atoms with Crippen molar-refractivity contribution in [1.82, 2.24) is 10.0 Å². The molecular weight excluding hydrogens is 313 g/mol. The van der Waals surface area contributed by atoms with Crippen molar-refractivity contribution >= 4 is 15.9 Å². The van der Waals surface area contributed by atoms with E-state index in [9.17, 15) is 26.4 Å². The van der Waals surface area contributed by atoms with Crippen LogP contribution in [-0.4, -0.2) is 34.3 Å². The maximum atomic E-state index is 12.1. The minimum Gasteiger partial charge on any atom is -0.406 e. The Morgan fingerprint density at radius 3 is 2.57 bits per heavy atom. The molecule has 1 aromatic carbocycles. The van der Waals surface area contributed by atoms with Gasteiger partial charge in [-0.15, -0.1) is 13.2 Å². The van der Waals surface area contributed by atoms with Crippen LogP contribution in [0.5, 0.6) is 5.75 Å². The van der Waals surface area contributed by atoms with Crippen LogP contribution in [-0.2, 0) is 14.8 Å². The van der Waals surface area contributed by atoms with Gasteiger partial charge in [-0.3, -0.25) is 4.79 Å². The van der Waals surface area contributed by atoms with E-state index < -0.39 is 22.1 Å². The molecule has 0 spiro atoms. The maximum absolute atomic E-state index is 12.1. The second kappa shape index (κ2) is 6.76. The van der Waals surface area contributed by atoms with E-state index in [2.05, 4.69) is 14.8 Å². The number of carbonyl (C=O) groups excluding carboxylic acids is 1. The fourth-order valence-corrected chi connectivity index (χ4v) is 2.41. The van der Waals surface area contributed by atoms with Crippen LogP contribution in [0, 0.1) is 0 Å². The molecule has 10 heteroatoms. The zero-order valence-electron chi connectivity index (χ0n) is 10.9. The van der Waals surface area contributed by atoms with E-state index in [0.717, 1.165) is 24.3 Å². The lowest BCUT2D eigenvalue weighted by molar-refractivity contribution is -0.274. The third-order valence-corrected chi connectivity index (χ3v) is 3.73. The number of hydrogen-bond acceptors (Lipinski definition) is 4. The molecule has 0 atom stereocenters. The summed E-state index contributed by atoms with van der Waals surface area (Å²) in [7, 11) is -2.62. The molecule has 0 aromatic heterocycles. The zero-order valence-corrected chi connectivity index (χ0v) is 11.7. The van der Waals surface area contributed by atoms with Crippen LogP contribution in [0.25, 0.3) is 0 Å². The van der Waals surface area contributed by atoms with Crippen molar-refractivity contribution < 1.29 is 31.1 Å². The summed E-state index contributed by atoms with van der Waals surface area (Å²) in [6.45, 7) is -0.174. The average Bonchev–Trinajstić information content (AvgIpc) is 2.36. The Kier molecular flexibility index (Phi) is 5.55. The Labute approximate surface area is 119 Å². The number of sulfonamides is 1. The van der Waals surface area contributed by atoms with Gasteiger partial charge < -0.3 is 10.1 Å². The second-order valence-electron chi connectivity index (χ2n) is 3.84. The van der Waals surface area contributed by atoms with E-state index in [1.165, 1.54) is 7.05 Å². The van der Waals surface area contributed by atoms with Crippen LogP contribution in [0.15, 0.2) is 29.2 Å². The summed E-state index contributed by atoms with van der Waals surface area (Å²) in [5, 5.41) is 2.31. The highest BCUT2D eigenvalue weighted by molar-refractivity contribution is 7.89. The molecular formula is C11H13F3N2O4S. The van der Waals surface area contributed by atoms with Crippen LogP contribution in [0.2, 0.25) is 0 Å². The summed E-state index contributed by atoms with van der Waals surface area (Å²) in [5.41, 5.74) is 0. The standard InChI is InChI=1S/C11H13F3N2O4S/c1-15-10(17)5-6-16-21(18,19)9-4-2-3-8(7-9)20-11(12,13)14/h2-4,7,16H,5-6H2,1H3,(H,15,17). The lowest BCUT2D eigenvalue weighted by Crippen LogP contribution is -2.29. The number of alkyl halides is 3. The molecule has 0 unspecified atom stereocenters. The van der Waals surface area contributed by atoms with Crippen molar-refractivity contribution in [3.63, 3.8) is 0 Å². The van der Waals surface area contributed by atoms with E-state index in [1.54, 1.807) is 0 Å². The first-order chi connectivity index (χ1) is 9.64. The minimum atomic E-state index is -4.91. The SMILES string of the molecule is CNC(=O)CCNS(=O)(=O)c1cccc(OC(F)(F)F)c1. The number of carbonyl (C=O) groups is 1. The molecule has 0 aliphatic heterocycles. The number of nitrogens with one attached hydrogen (secondary N) is 2. The van der Waals surface area contributed by atoms with E-state index in [0.29, 0.717) is 0 Å². The van der Waals surface area contributed by atoms with Gasteiger partial charge >= 0.3 is 6.36 Å². The molecule has 0 radical (unpaired) electrons. The van der Waals surface area contributed by atoms with Crippen molar-refractivity contribution in [2.45, 2.75) is 17.7 Å². The highest BCUT2D eigenvalue weighted by Crippen LogP contribution is 2.24. The van der Waals surface area contributed by atoms with E-state index in [-0.39, 0.29) is 23.8 Å². The third-order valence-electron chi connectivity index (χ3n) is 2.27. The van der Waals surface area contributed by atoms with Gasteiger partial charge in [-0.2, -0.15) is 0 Å². The molecule has 1 rings (SSSR count). The summed E-state index contributed by atoms with van der Waals surface area (Å²) in [4.78, 5) is 10.6. The van der Waals surface area contributed by atoms with Gasteiger partial charge in [0.2, 0.25) is 15.9 Å². The number of hydrogen-bond donors (Lipinski definition) is 2. The van der Waals surface area contributed by atoms with Crippen LogP contribution >= 0.6 is 0 Å². The smallest absolute Gasteiger partial charge is 0.406 e. The first-order valence-corrected chi connectivity index (χ1v) is 7.18. The van der Waals surface area contributed by atoms with Crippen LogP contribution < -0.4 is 14.8 Å². The van der Waals surface area contributed by atoms with Gasteiger partial charge in [0, 0.05) is 26.1 Å². The van der Waals surface area contributed by atoms with Crippen molar-refractivity contribution in [3.05, 3.63) is 24.3 Å². The third kappa shape index (κ3) is 6.00. The molecule has 0 aliphatic rings. The molecule has 0 heterocycles. The minimum absolute atomic E-state index is 0.0888. The highest BCUT2D eigenvalue weighted by Gasteiger charge is 2.31. The van der Waals surface area contributed by atoms with Gasteiger partial charge in [-0.25, -0.2) is 13.1 Å². The zero-order chi connectivity index (χ0) is 16.1. The van der Waals surface area contributed by atoms with E-state index in [1.807, 2.05) is 0 Å². The number of benzene rings is 1. The molecule has 0 fully saturated rings. The lowest BCUT2D eigenvalue weighted by atomic mass is 10.3. The molecule has 21 heavy (non-hydrogen) atoms. The second-order valence-corrected chi connectivity index (χ2v) is 5.61. The van der Waals surface area contributed by atoms with Crippen LogP contribution in [0.4, 0.5) is 13.2 Å². The summed E-state index contributed by atoms with van der Waals surface area (Å²) in [6, 6.07) is 3.96. The summed E-state index contributed by atoms with van der Waals surface area (Å²) < 4.78 is 65.6. The van der Waals surface area contributed by atoms with Crippen molar-refractivity contribution in [2.75, 3.05) is 13.6 Å². The van der Waals surface area contributed by atoms with Crippen molar-refractivity contribution in [2.24, 2.45) is 0 Å². The van der Waals surface area contributed by atoms with Gasteiger partial charge in [0.05, 0.1) is 4.90 Å². The molecule has 6 nitrogen and oxygen atoms in total. The molecule has 0 aliphatic carbocycles. The van der Waals surface area contributed by atoms with Crippen LogP contribution in [0.3, 0.4) is 0 Å². The molecule has 0 bridgehead atoms. The Morgan fingerprint density at radius 1 is 1.33 bits per heavy atom. The van der Waals surface area contributed by atoms with Crippen LogP contribution in [0.1, 0.15) is 6.42 Å². The highest BCUT2D eigenvalue weighted by atomic mass is 32.2. The molecule has 1 amide bonds. The Bertz CT molecular complexity index is 602. The Balaban J connectivity index is 2.79. The summed E-state index contributed by atoms with van der Waals surface area (Å²) >= 11 is 0. The Morgan fingerprint density at radius 2 is 2.00 bits per heavy atom. The number of ether oxygens (including phenoxy) is 1. The first-order valence-electron chi connectivity index (χ1n) is 5.70. The topological polar surface area (TPSA) is 84.5 Å². The van der Waals surface area contributed by atoms with Gasteiger partial charge in [0.1, 0.15) is 5.75 Å². The van der Waals surface area contributed by atoms with Crippen molar-refractivity contribution in [1.29, 1.82) is 0 Å². The quantitative estimate of drug-likeness (QED) is 0.817. The fraction of sp³-hybridized carbons (Fsp3) is 0.364. The van der Waals surface area contributed by atoms with E-state index >= 15 is 0 Å². The van der Waals surface area contributed by atoms with Gasteiger partial charge in [0.15, 0.2) is 0 Å². The molecule has 1 aromatic rings. The van der Waals surface area contributed by atoms with Gasteiger partial charge in [-0.1, -0.05) is 6.07 Å². The van der Waals surface area contributed by atoms with Gasteiger partial charge in [-0.05, 0) is 12.1 Å². The van der Waals surface area contributed by atoms with Crippen molar-refractivity contribution in [3.8, 4) is 5.75 Å². The summed E-state index contributed by atoms with van der Waals surface area (Å²) in [5.74, 6) is -1.01.